The van der Waals surface area contributed by atoms with Crippen LogP contribution in [0, 0.1) is 0 Å². The second-order valence-electron chi connectivity index (χ2n) is 5.14. The third-order valence-corrected chi connectivity index (χ3v) is 5.22. The van der Waals surface area contributed by atoms with E-state index in [-0.39, 0.29) is 0 Å². The minimum absolute atomic E-state index is 0.410. The second-order valence-corrected chi connectivity index (χ2v) is 7.02. The molecule has 0 radical (unpaired) electrons. The van der Waals surface area contributed by atoms with Gasteiger partial charge in [-0.05, 0) is 6.42 Å². The van der Waals surface area contributed by atoms with Gasteiger partial charge in [-0.1, -0.05) is 6.92 Å². The number of hydrogen-bond donors (Lipinski definition) is 2. The molecular weight excluding hydrogens is 371 g/mol. The van der Waals surface area contributed by atoms with Gasteiger partial charge in [-0.25, -0.2) is 9.97 Å². The number of guanidine groups is 1. The SMILES string of the molecule is CCc1nc(CCNC(=NC)NCCc2nc(C(F)(F)F)cs2)cs1. The number of nitrogens with one attached hydrogen (secondary N) is 2. The summed E-state index contributed by atoms with van der Waals surface area (Å²) in [6.45, 7) is 3.22. The number of halogens is 3. The molecule has 0 spiro atoms. The van der Waals surface area contributed by atoms with Crippen molar-refractivity contribution in [3.05, 3.63) is 32.2 Å². The first-order valence-corrected chi connectivity index (χ1v) is 9.57. The molecule has 0 amide bonds. The Bertz CT molecular complexity index is 693. The zero-order valence-corrected chi connectivity index (χ0v) is 15.6. The van der Waals surface area contributed by atoms with Crippen LogP contribution in [0.1, 0.15) is 28.3 Å². The molecule has 0 saturated carbocycles. The van der Waals surface area contributed by atoms with Crippen LogP contribution in [0.5, 0.6) is 0 Å². The lowest BCUT2D eigenvalue weighted by Gasteiger charge is -2.10. The molecule has 0 aliphatic heterocycles. The third kappa shape index (κ3) is 6.28. The van der Waals surface area contributed by atoms with Crippen LogP contribution in [0.4, 0.5) is 13.2 Å². The topological polar surface area (TPSA) is 62.2 Å². The van der Waals surface area contributed by atoms with Gasteiger partial charge in [0.05, 0.1) is 15.7 Å². The molecule has 0 fully saturated rings. The summed E-state index contributed by atoms with van der Waals surface area (Å²) < 4.78 is 37.5. The van der Waals surface area contributed by atoms with Gasteiger partial charge < -0.3 is 10.6 Å². The van der Waals surface area contributed by atoms with E-state index in [0.29, 0.717) is 30.5 Å². The Kier molecular flexibility index (Phi) is 7.18. The number of aliphatic imine (C=N–C) groups is 1. The zero-order chi connectivity index (χ0) is 18.3. The van der Waals surface area contributed by atoms with Gasteiger partial charge in [0, 0.05) is 43.7 Å². The van der Waals surface area contributed by atoms with E-state index in [2.05, 4.69) is 37.9 Å². The molecule has 2 aromatic rings. The van der Waals surface area contributed by atoms with E-state index in [0.717, 1.165) is 40.3 Å². The van der Waals surface area contributed by atoms with E-state index in [1.54, 1.807) is 18.4 Å². The maximum absolute atomic E-state index is 12.5. The van der Waals surface area contributed by atoms with Crippen LogP contribution in [0.15, 0.2) is 15.8 Å². The van der Waals surface area contributed by atoms with E-state index in [9.17, 15) is 13.2 Å². The normalized spacial score (nSPS) is 12.4. The lowest BCUT2D eigenvalue weighted by molar-refractivity contribution is -0.140. The van der Waals surface area contributed by atoms with E-state index in [1.807, 2.05) is 0 Å². The van der Waals surface area contributed by atoms with Crippen LogP contribution in [0.2, 0.25) is 0 Å². The van der Waals surface area contributed by atoms with Crippen molar-refractivity contribution in [3.63, 3.8) is 0 Å². The van der Waals surface area contributed by atoms with Gasteiger partial charge in [0.15, 0.2) is 11.7 Å². The summed E-state index contributed by atoms with van der Waals surface area (Å²) in [7, 11) is 1.65. The van der Waals surface area contributed by atoms with Gasteiger partial charge in [0.2, 0.25) is 0 Å². The number of thiazole rings is 2. The summed E-state index contributed by atoms with van der Waals surface area (Å²) in [5, 5.41) is 10.9. The van der Waals surface area contributed by atoms with Gasteiger partial charge in [-0.15, -0.1) is 22.7 Å². The molecule has 138 valence electrons. The molecule has 0 atom stereocenters. The summed E-state index contributed by atoms with van der Waals surface area (Å²) >= 11 is 2.68. The van der Waals surface area contributed by atoms with Gasteiger partial charge in [-0.3, -0.25) is 4.99 Å². The average molecular weight is 391 g/mol. The molecule has 0 bridgehead atoms. The standard InChI is InChI=1S/C15H20F3N5S2/c1-3-12-22-10(8-24-12)4-6-20-14(19-2)21-7-5-13-23-11(9-25-13)15(16,17)18/h8-9H,3-7H2,1-2H3,(H2,19,20,21). The predicted molar refractivity (Wildman–Crippen MR) is 95.4 cm³/mol. The van der Waals surface area contributed by atoms with Crippen molar-refractivity contribution in [2.75, 3.05) is 20.1 Å². The molecular formula is C15H20F3N5S2. The lowest BCUT2D eigenvalue weighted by Crippen LogP contribution is -2.39. The number of rotatable bonds is 7. The minimum Gasteiger partial charge on any atom is -0.356 e. The summed E-state index contributed by atoms with van der Waals surface area (Å²) in [5.41, 5.74) is 0.219. The average Bonchev–Trinajstić information content (AvgIpc) is 3.22. The van der Waals surface area contributed by atoms with Crippen LogP contribution in [-0.4, -0.2) is 36.1 Å². The second kappa shape index (κ2) is 9.14. The Balaban J connectivity index is 1.70. The van der Waals surface area contributed by atoms with Crippen LogP contribution in [-0.2, 0) is 25.4 Å². The van der Waals surface area contributed by atoms with Gasteiger partial charge in [-0.2, -0.15) is 13.2 Å². The molecule has 0 saturated heterocycles. The Morgan fingerprint density at radius 3 is 2.32 bits per heavy atom. The molecule has 10 heteroatoms. The van der Waals surface area contributed by atoms with E-state index < -0.39 is 11.9 Å². The number of alkyl halides is 3. The summed E-state index contributed by atoms with van der Waals surface area (Å²) in [4.78, 5) is 12.2. The quantitative estimate of drug-likeness (QED) is 0.562. The monoisotopic (exact) mass is 391 g/mol. The van der Waals surface area contributed by atoms with E-state index in [1.165, 1.54) is 0 Å². The van der Waals surface area contributed by atoms with Crippen molar-refractivity contribution < 1.29 is 13.2 Å². The Morgan fingerprint density at radius 1 is 1.08 bits per heavy atom. The van der Waals surface area contributed by atoms with Crippen LogP contribution in [0.25, 0.3) is 0 Å². The molecule has 0 aliphatic rings. The number of aryl methyl sites for hydroxylation is 1. The molecule has 25 heavy (non-hydrogen) atoms. The maximum Gasteiger partial charge on any atom is 0.434 e. The van der Waals surface area contributed by atoms with Crippen molar-refractivity contribution in [1.82, 2.24) is 20.6 Å². The van der Waals surface area contributed by atoms with Crippen molar-refractivity contribution in [1.29, 1.82) is 0 Å². The van der Waals surface area contributed by atoms with Crippen LogP contribution in [0.3, 0.4) is 0 Å². The van der Waals surface area contributed by atoms with E-state index in [4.69, 9.17) is 0 Å². The number of aromatic nitrogens is 2. The highest BCUT2D eigenvalue weighted by molar-refractivity contribution is 7.09. The fourth-order valence-corrected chi connectivity index (χ4v) is 3.58. The molecule has 2 aromatic heterocycles. The van der Waals surface area contributed by atoms with Crippen LogP contribution >= 0.6 is 22.7 Å². The highest BCUT2D eigenvalue weighted by Crippen LogP contribution is 2.29. The zero-order valence-electron chi connectivity index (χ0n) is 14.0. The summed E-state index contributed by atoms with van der Waals surface area (Å²) in [6, 6.07) is 0. The first-order valence-electron chi connectivity index (χ1n) is 7.81. The smallest absolute Gasteiger partial charge is 0.356 e. The molecule has 0 unspecified atom stereocenters. The van der Waals surface area contributed by atoms with Crippen LogP contribution < -0.4 is 10.6 Å². The third-order valence-electron chi connectivity index (χ3n) is 3.27. The fourth-order valence-electron chi connectivity index (χ4n) is 2.00. The Morgan fingerprint density at radius 2 is 1.76 bits per heavy atom. The summed E-state index contributed by atoms with van der Waals surface area (Å²) in [6.07, 6.45) is -2.24. The molecule has 2 rings (SSSR count). The first kappa shape index (κ1) is 19.6. The Labute approximate surface area is 152 Å². The van der Waals surface area contributed by atoms with Crippen molar-refractivity contribution >= 4 is 28.6 Å². The van der Waals surface area contributed by atoms with Crippen molar-refractivity contribution in [2.24, 2.45) is 4.99 Å². The number of nitrogens with zero attached hydrogens (tertiary/aromatic N) is 3. The molecule has 0 aromatic carbocycles. The molecule has 0 aliphatic carbocycles. The van der Waals surface area contributed by atoms with Gasteiger partial charge >= 0.3 is 6.18 Å². The van der Waals surface area contributed by atoms with Gasteiger partial charge in [0.1, 0.15) is 0 Å². The predicted octanol–water partition coefficient (Wildman–Crippen LogP) is 3.13. The largest absolute Gasteiger partial charge is 0.434 e. The highest BCUT2D eigenvalue weighted by atomic mass is 32.1. The van der Waals surface area contributed by atoms with Crippen molar-refractivity contribution in [3.8, 4) is 0 Å². The lowest BCUT2D eigenvalue weighted by atomic mass is 10.3. The minimum atomic E-state index is -4.38. The highest BCUT2D eigenvalue weighted by Gasteiger charge is 2.33. The molecule has 2 N–H and O–H groups in total. The molecule has 5 nitrogen and oxygen atoms in total. The van der Waals surface area contributed by atoms with Crippen molar-refractivity contribution in [2.45, 2.75) is 32.4 Å². The van der Waals surface area contributed by atoms with E-state index >= 15 is 0 Å². The summed E-state index contributed by atoms with van der Waals surface area (Å²) in [5.74, 6) is 0.610. The maximum atomic E-state index is 12.5. The first-order chi connectivity index (χ1) is 11.9. The molecule has 2 heterocycles. The fraction of sp³-hybridized carbons (Fsp3) is 0.533. The number of hydrogen-bond acceptors (Lipinski definition) is 5. The Hall–Kier alpha value is -1.68. The van der Waals surface area contributed by atoms with Gasteiger partial charge in [0.25, 0.3) is 0 Å².